The van der Waals surface area contributed by atoms with Crippen molar-refractivity contribution in [3.8, 4) is 11.1 Å². The molecular formula is C36H51F3. The summed E-state index contributed by atoms with van der Waals surface area (Å²) in [5.41, 5.74) is 2.56. The lowest BCUT2D eigenvalue weighted by Crippen LogP contribution is -2.26. The topological polar surface area (TPSA) is 0 Å². The number of halogens is 3. The molecule has 0 heterocycles. The van der Waals surface area contributed by atoms with Gasteiger partial charge >= 0.3 is 0 Å². The smallest absolute Gasteiger partial charge is 0.131 e. The Hall–Kier alpha value is -1.77. The second kappa shape index (κ2) is 15.9. The molecule has 0 radical (unpaired) electrons. The van der Waals surface area contributed by atoms with Gasteiger partial charge in [-0.1, -0.05) is 89.0 Å². The molecule has 0 unspecified atom stereocenters. The Balaban J connectivity index is 1.20. The van der Waals surface area contributed by atoms with Gasteiger partial charge in [-0.15, -0.1) is 0 Å². The molecule has 2 aromatic carbocycles. The van der Waals surface area contributed by atoms with E-state index in [2.05, 4.69) is 6.92 Å². The van der Waals surface area contributed by atoms with Gasteiger partial charge in [0.15, 0.2) is 0 Å². The van der Waals surface area contributed by atoms with Gasteiger partial charge in [0.1, 0.15) is 11.6 Å². The minimum Gasteiger partial charge on any atom is -0.251 e. The van der Waals surface area contributed by atoms with Crippen molar-refractivity contribution in [1.29, 1.82) is 0 Å². The fourth-order valence-electron chi connectivity index (χ4n) is 7.42. The van der Waals surface area contributed by atoms with Crippen LogP contribution in [0.25, 0.3) is 11.1 Å². The summed E-state index contributed by atoms with van der Waals surface area (Å²) < 4.78 is 42.1. The van der Waals surface area contributed by atoms with E-state index in [1.807, 2.05) is 12.1 Å². The lowest BCUT2D eigenvalue weighted by molar-refractivity contribution is 0.140. The lowest BCUT2D eigenvalue weighted by atomic mass is 9.68. The monoisotopic (exact) mass is 540 g/mol. The molecule has 0 atom stereocenters. The molecule has 2 aliphatic rings. The van der Waals surface area contributed by atoms with E-state index in [1.54, 1.807) is 18.2 Å². The molecular weight excluding hydrogens is 489 g/mol. The van der Waals surface area contributed by atoms with Gasteiger partial charge in [-0.3, -0.25) is 4.39 Å². The van der Waals surface area contributed by atoms with Crippen molar-refractivity contribution in [2.45, 2.75) is 122 Å². The summed E-state index contributed by atoms with van der Waals surface area (Å²) in [5, 5.41) is 0. The van der Waals surface area contributed by atoms with E-state index in [0.29, 0.717) is 17.5 Å². The van der Waals surface area contributed by atoms with Crippen molar-refractivity contribution in [2.75, 3.05) is 6.67 Å². The number of hydrogen-bond donors (Lipinski definition) is 0. The average molecular weight is 541 g/mol. The predicted molar refractivity (Wildman–Crippen MR) is 159 cm³/mol. The fraction of sp³-hybridized carbons (Fsp3) is 0.667. The quantitative estimate of drug-likeness (QED) is 0.209. The van der Waals surface area contributed by atoms with Crippen molar-refractivity contribution >= 4 is 0 Å². The maximum atomic E-state index is 15.0. The molecule has 0 nitrogen and oxygen atoms in total. The number of rotatable bonds is 14. The number of hydrogen-bond acceptors (Lipinski definition) is 0. The molecule has 0 amide bonds. The first kappa shape index (κ1) is 30.2. The Morgan fingerprint density at radius 3 is 1.64 bits per heavy atom. The first-order valence-electron chi connectivity index (χ1n) is 16.2. The zero-order chi connectivity index (χ0) is 27.5. The third kappa shape index (κ3) is 9.12. The molecule has 4 rings (SSSR count). The highest BCUT2D eigenvalue weighted by molar-refractivity contribution is 5.65. The predicted octanol–water partition coefficient (Wildman–Crippen LogP) is 11.4. The number of unbranched alkanes of at least 4 members (excludes halogenated alkanes) is 4. The van der Waals surface area contributed by atoms with E-state index in [0.717, 1.165) is 66.9 Å². The van der Waals surface area contributed by atoms with E-state index in [9.17, 15) is 8.78 Å². The van der Waals surface area contributed by atoms with E-state index in [1.165, 1.54) is 83.1 Å². The molecule has 0 aromatic heterocycles. The van der Waals surface area contributed by atoms with Crippen LogP contribution in [0.3, 0.4) is 0 Å². The van der Waals surface area contributed by atoms with Crippen LogP contribution in [0.4, 0.5) is 13.2 Å². The summed E-state index contributed by atoms with van der Waals surface area (Å²) in [4.78, 5) is 0. The summed E-state index contributed by atoms with van der Waals surface area (Å²) in [5.74, 6) is 2.93. The number of alkyl halides is 1. The first-order valence-corrected chi connectivity index (χ1v) is 16.2. The SMILES string of the molecule is CCCCCC1CCC(C2CCC(CCc3ccc(-c4ccc(CCCCCF)cc4F)c(F)c3)CC2)CC1. The lowest BCUT2D eigenvalue weighted by Gasteiger charge is -2.38. The largest absolute Gasteiger partial charge is 0.251 e. The van der Waals surface area contributed by atoms with Crippen LogP contribution < -0.4 is 0 Å². The summed E-state index contributed by atoms with van der Waals surface area (Å²) in [6.07, 6.45) is 21.8. The van der Waals surface area contributed by atoms with Crippen LogP contribution in [-0.4, -0.2) is 6.67 Å². The maximum Gasteiger partial charge on any atom is 0.131 e. The van der Waals surface area contributed by atoms with Crippen LogP contribution in [0.5, 0.6) is 0 Å². The zero-order valence-corrected chi connectivity index (χ0v) is 24.3. The number of aryl methyl sites for hydroxylation is 2. The highest BCUT2D eigenvalue weighted by Gasteiger charge is 2.30. The van der Waals surface area contributed by atoms with Gasteiger partial charge in [0.05, 0.1) is 6.67 Å². The molecule has 2 aromatic rings. The second-order valence-corrected chi connectivity index (χ2v) is 12.7. The third-order valence-electron chi connectivity index (χ3n) is 9.96. The van der Waals surface area contributed by atoms with Crippen molar-refractivity contribution in [3.05, 3.63) is 59.2 Å². The van der Waals surface area contributed by atoms with Gasteiger partial charge in [-0.2, -0.15) is 0 Å². The third-order valence-corrected chi connectivity index (χ3v) is 9.96. The van der Waals surface area contributed by atoms with Gasteiger partial charge < -0.3 is 0 Å². The molecule has 0 spiro atoms. The minimum absolute atomic E-state index is 0.302. The molecule has 2 saturated carbocycles. The molecule has 0 bridgehead atoms. The molecule has 3 heteroatoms. The molecule has 0 N–H and O–H groups in total. The molecule has 0 saturated heterocycles. The Bertz CT molecular complexity index is 983. The highest BCUT2D eigenvalue weighted by Crippen LogP contribution is 2.43. The summed E-state index contributed by atoms with van der Waals surface area (Å²) >= 11 is 0. The zero-order valence-electron chi connectivity index (χ0n) is 24.3. The molecule has 2 fully saturated rings. The summed E-state index contributed by atoms with van der Waals surface area (Å²) in [6.45, 7) is 2.00. The minimum atomic E-state index is -0.383. The Labute approximate surface area is 236 Å². The van der Waals surface area contributed by atoms with E-state index in [-0.39, 0.29) is 18.3 Å². The van der Waals surface area contributed by atoms with Gasteiger partial charge in [0, 0.05) is 11.1 Å². The van der Waals surface area contributed by atoms with E-state index >= 15 is 4.39 Å². The fourth-order valence-corrected chi connectivity index (χ4v) is 7.42. The first-order chi connectivity index (χ1) is 19.1. The molecule has 39 heavy (non-hydrogen) atoms. The average Bonchev–Trinajstić information content (AvgIpc) is 2.96. The van der Waals surface area contributed by atoms with Gasteiger partial charge in [0.2, 0.25) is 0 Å². The normalized spacial score (nSPS) is 23.7. The van der Waals surface area contributed by atoms with Gasteiger partial charge in [-0.05, 0) is 105 Å². The summed E-state index contributed by atoms with van der Waals surface area (Å²) in [6, 6.07) is 10.4. The van der Waals surface area contributed by atoms with Crippen molar-refractivity contribution in [3.63, 3.8) is 0 Å². The summed E-state index contributed by atoms with van der Waals surface area (Å²) in [7, 11) is 0. The Morgan fingerprint density at radius 2 is 1.13 bits per heavy atom. The van der Waals surface area contributed by atoms with E-state index < -0.39 is 0 Å². The van der Waals surface area contributed by atoms with Gasteiger partial charge in [0.25, 0.3) is 0 Å². The Kier molecular flexibility index (Phi) is 12.3. The molecule has 216 valence electrons. The van der Waals surface area contributed by atoms with Gasteiger partial charge in [-0.25, -0.2) is 8.78 Å². The molecule has 0 aliphatic heterocycles. The standard InChI is InChI=1S/C36H51F3/c1-2-3-5-8-27-12-18-31(19-13-27)32-20-14-28(15-21-32)10-11-30-17-23-34(36(39)26-30)33-22-16-29(25-35(33)38)9-6-4-7-24-37/h16-17,22-23,25-28,31-32H,2-15,18-21,24H2,1H3. The second-order valence-electron chi connectivity index (χ2n) is 12.7. The van der Waals surface area contributed by atoms with Crippen molar-refractivity contribution in [1.82, 2.24) is 0 Å². The van der Waals surface area contributed by atoms with Crippen LogP contribution in [-0.2, 0) is 12.8 Å². The highest BCUT2D eigenvalue weighted by atomic mass is 19.1. The Morgan fingerprint density at radius 1 is 0.590 bits per heavy atom. The van der Waals surface area contributed by atoms with Crippen molar-refractivity contribution in [2.24, 2.45) is 23.7 Å². The van der Waals surface area contributed by atoms with Crippen LogP contribution in [0.15, 0.2) is 36.4 Å². The van der Waals surface area contributed by atoms with Crippen LogP contribution in [0, 0.1) is 35.3 Å². The van der Waals surface area contributed by atoms with Crippen LogP contribution in [0.2, 0.25) is 0 Å². The van der Waals surface area contributed by atoms with Crippen LogP contribution in [0.1, 0.15) is 121 Å². The van der Waals surface area contributed by atoms with Crippen LogP contribution >= 0.6 is 0 Å². The van der Waals surface area contributed by atoms with E-state index in [4.69, 9.17) is 0 Å². The molecule has 2 aliphatic carbocycles. The van der Waals surface area contributed by atoms with Crippen molar-refractivity contribution < 1.29 is 13.2 Å². The maximum absolute atomic E-state index is 15.0. The number of benzene rings is 2.